The van der Waals surface area contributed by atoms with Crippen molar-refractivity contribution in [3.05, 3.63) is 75.8 Å². The summed E-state index contributed by atoms with van der Waals surface area (Å²) in [6, 6.07) is 16.3. The van der Waals surface area contributed by atoms with Crippen molar-refractivity contribution in [3.8, 4) is 5.75 Å². The minimum atomic E-state index is 0.302. The second-order valence-corrected chi connectivity index (χ2v) is 6.40. The van der Waals surface area contributed by atoms with Crippen LogP contribution in [0.1, 0.15) is 28.9 Å². The molecule has 1 aromatic heterocycles. The van der Waals surface area contributed by atoms with Gasteiger partial charge >= 0.3 is 0 Å². The number of benzene rings is 2. The molecule has 0 aliphatic heterocycles. The van der Waals surface area contributed by atoms with Gasteiger partial charge in [-0.3, -0.25) is 0 Å². The third-order valence-electron chi connectivity index (χ3n) is 4.35. The zero-order valence-corrected chi connectivity index (χ0v) is 14.7. The van der Waals surface area contributed by atoms with Crippen molar-refractivity contribution in [2.45, 2.75) is 26.4 Å². The molecule has 0 radical (unpaired) electrons. The molecule has 5 nitrogen and oxygen atoms in total. The van der Waals surface area contributed by atoms with Crippen LogP contribution in [0.2, 0.25) is 0 Å². The van der Waals surface area contributed by atoms with Gasteiger partial charge in [0.05, 0.1) is 5.71 Å². The van der Waals surface area contributed by atoms with Crippen molar-refractivity contribution in [2.24, 2.45) is 5.10 Å². The number of para-hydroxylation sites is 1. The van der Waals surface area contributed by atoms with Gasteiger partial charge in [0.2, 0.25) is 4.77 Å². The van der Waals surface area contributed by atoms with Crippen molar-refractivity contribution < 1.29 is 4.74 Å². The third-order valence-corrected chi connectivity index (χ3v) is 4.61. The van der Waals surface area contributed by atoms with E-state index in [1.54, 1.807) is 4.68 Å². The maximum atomic E-state index is 5.89. The van der Waals surface area contributed by atoms with E-state index in [1.807, 2.05) is 37.3 Å². The van der Waals surface area contributed by atoms with Crippen LogP contribution in [0, 0.1) is 11.7 Å². The summed E-state index contributed by atoms with van der Waals surface area (Å²) in [5.41, 5.74) is 4.63. The summed E-state index contributed by atoms with van der Waals surface area (Å²) in [6.45, 7) is 2.32. The molecule has 126 valence electrons. The predicted molar refractivity (Wildman–Crippen MR) is 99.6 cm³/mol. The Morgan fingerprint density at radius 2 is 1.96 bits per heavy atom. The van der Waals surface area contributed by atoms with Gasteiger partial charge < -0.3 is 4.74 Å². The van der Waals surface area contributed by atoms with Crippen LogP contribution in [0.15, 0.2) is 53.6 Å². The first-order chi connectivity index (χ1) is 12.2. The molecule has 0 amide bonds. The van der Waals surface area contributed by atoms with E-state index in [9.17, 15) is 0 Å². The number of nitrogens with one attached hydrogen (secondary N) is 1. The minimum absolute atomic E-state index is 0.302. The quantitative estimate of drug-likeness (QED) is 0.723. The molecule has 0 saturated carbocycles. The molecular formula is C19H18N4OS. The van der Waals surface area contributed by atoms with E-state index in [2.05, 4.69) is 28.4 Å². The van der Waals surface area contributed by atoms with Crippen molar-refractivity contribution in [2.75, 3.05) is 0 Å². The fraction of sp³-hybridized carbons (Fsp3) is 0.211. The molecule has 25 heavy (non-hydrogen) atoms. The predicted octanol–water partition coefficient (Wildman–Crippen LogP) is 4.03. The number of ether oxygens (including phenoxy) is 1. The van der Waals surface area contributed by atoms with E-state index in [-0.39, 0.29) is 0 Å². The summed E-state index contributed by atoms with van der Waals surface area (Å²) in [4.78, 5) is 0. The molecule has 1 aliphatic carbocycles. The number of hydrogen-bond acceptors (Lipinski definition) is 4. The number of nitrogens with zero attached hydrogens (tertiary/aromatic N) is 3. The van der Waals surface area contributed by atoms with E-state index in [4.69, 9.17) is 22.1 Å². The van der Waals surface area contributed by atoms with Gasteiger partial charge in [-0.2, -0.15) is 14.9 Å². The van der Waals surface area contributed by atoms with Gasteiger partial charge in [-0.1, -0.05) is 42.5 Å². The van der Waals surface area contributed by atoms with Crippen molar-refractivity contribution in [1.82, 2.24) is 14.9 Å². The van der Waals surface area contributed by atoms with Crippen molar-refractivity contribution in [1.29, 1.82) is 0 Å². The molecule has 1 aliphatic rings. The monoisotopic (exact) mass is 350 g/mol. The first-order valence-corrected chi connectivity index (χ1v) is 8.64. The molecule has 1 N–H and O–H groups in total. The summed E-state index contributed by atoms with van der Waals surface area (Å²) in [5, 5.41) is 11.8. The highest BCUT2D eigenvalue weighted by Gasteiger charge is 2.18. The number of aryl methyl sites for hydroxylation is 2. The minimum Gasteiger partial charge on any atom is -0.485 e. The topological polar surface area (TPSA) is 55.2 Å². The fourth-order valence-corrected chi connectivity index (χ4v) is 3.21. The zero-order chi connectivity index (χ0) is 17.2. The van der Waals surface area contributed by atoms with Crippen LogP contribution in [-0.4, -0.2) is 20.6 Å². The summed E-state index contributed by atoms with van der Waals surface area (Å²) in [6.07, 6.45) is 1.92. The SMILES string of the molecule is Cc1ccccc1OCc1n[nH]c(=S)n1/N=C1\CCc2ccccc21. The summed E-state index contributed by atoms with van der Waals surface area (Å²) in [5.74, 6) is 1.49. The van der Waals surface area contributed by atoms with E-state index in [1.165, 1.54) is 11.1 Å². The number of aromatic nitrogens is 3. The largest absolute Gasteiger partial charge is 0.485 e. The molecule has 0 atom stereocenters. The van der Waals surface area contributed by atoms with E-state index >= 15 is 0 Å². The highest BCUT2D eigenvalue weighted by molar-refractivity contribution is 7.71. The molecule has 0 unspecified atom stereocenters. The highest BCUT2D eigenvalue weighted by Crippen LogP contribution is 2.23. The smallest absolute Gasteiger partial charge is 0.216 e. The Kier molecular flexibility index (Phi) is 4.19. The highest BCUT2D eigenvalue weighted by atomic mass is 32.1. The Balaban J connectivity index is 1.62. The second kappa shape index (κ2) is 6.64. The molecule has 0 fully saturated rings. The molecule has 6 heteroatoms. The van der Waals surface area contributed by atoms with Gasteiger partial charge in [-0.25, -0.2) is 5.10 Å². The van der Waals surface area contributed by atoms with Gasteiger partial charge in [0.1, 0.15) is 12.4 Å². The number of fused-ring (bicyclic) bond motifs is 1. The lowest BCUT2D eigenvalue weighted by Gasteiger charge is -2.08. The molecule has 0 bridgehead atoms. The summed E-state index contributed by atoms with van der Waals surface area (Å²) < 4.78 is 8.04. The zero-order valence-electron chi connectivity index (χ0n) is 13.9. The lowest BCUT2D eigenvalue weighted by molar-refractivity contribution is 0.288. The van der Waals surface area contributed by atoms with Crippen molar-refractivity contribution >= 4 is 17.9 Å². The number of hydrogen-bond donors (Lipinski definition) is 1. The molecule has 0 spiro atoms. The molecule has 2 aromatic carbocycles. The summed E-state index contributed by atoms with van der Waals surface area (Å²) >= 11 is 5.35. The average Bonchev–Trinajstić information content (AvgIpc) is 3.19. The van der Waals surface area contributed by atoms with Gasteiger partial charge in [-0.05, 0) is 49.2 Å². The van der Waals surface area contributed by atoms with Gasteiger partial charge in [0.15, 0.2) is 5.82 Å². The molecule has 4 rings (SSSR count). The van der Waals surface area contributed by atoms with E-state index in [0.717, 1.165) is 29.9 Å². The van der Waals surface area contributed by atoms with Crippen LogP contribution in [0.25, 0.3) is 0 Å². The van der Waals surface area contributed by atoms with Crippen LogP contribution in [0.5, 0.6) is 5.75 Å². The Bertz CT molecular complexity index is 1000. The van der Waals surface area contributed by atoms with Gasteiger partial charge in [0.25, 0.3) is 0 Å². The van der Waals surface area contributed by atoms with E-state index < -0.39 is 0 Å². The van der Waals surface area contributed by atoms with Crippen LogP contribution in [-0.2, 0) is 13.0 Å². The van der Waals surface area contributed by atoms with Crippen LogP contribution < -0.4 is 4.74 Å². The lowest BCUT2D eigenvalue weighted by Crippen LogP contribution is -2.07. The summed E-state index contributed by atoms with van der Waals surface area (Å²) in [7, 11) is 0. The Labute approximate surface area is 151 Å². The normalized spacial score (nSPS) is 14.7. The van der Waals surface area contributed by atoms with Gasteiger partial charge in [0, 0.05) is 5.56 Å². The Morgan fingerprint density at radius 1 is 1.16 bits per heavy atom. The lowest BCUT2D eigenvalue weighted by atomic mass is 10.1. The molecule has 1 heterocycles. The maximum Gasteiger partial charge on any atom is 0.216 e. The van der Waals surface area contributed by atoms with Crippen LogP contribution in [0.4, 0.5) is 0 Å². The maximum absolute atomic E-state index is 5.89. The van der Waals surface area contributed by atoms with Gasteiger partial charge in [-0.15, -0.1) is 0 Å². The molecular weight excluding hydrogens is 332 g/mol. The average molecular weight is 350 g/mol. The molecule has 0 saturated heterocycles. The number of H-pyrrole nitrogens is 1. The second-order valence-electron chi connectivity index (χ2n) is 6.01. The Morgan fingerprint density at radius 3 is 2.84 bits per heavy atom. The first-order valence-electron chi connectivity index (χ1n) is 8.23. The fourth-order valence-electron chi connectivity index (χ4n) is 3.01. The Hall–Kier alpha value is -2.73. The van der Waals surface area contributed by atoms with Crippen LogP contribution >= 0.6 is 12.2 Å². The number of aromatic amines is 1. The molecule has 3 aromatic rings. The van der Waals surface area contributed by atoms with Crippen molar-refractivity contribution in [3.63, 3.8) is 0 Å². The third kappa shape index (κ3) is 3.13. The van der Waals surface area contributed by atoms with Crippen LogP contribution in [0.3, 0.4) is 0 Å². The van der Waals surface area contributed by atoms with E-state index in [0.29, 0.717) is 17.2 Å². The number of rotatable bonds is 4. The standard InChI is InChI=1S/C19H18N4OS/c1-13-6-2-5-9-17(13)24-12-18-20-21-19(25)23(18)22-16-11-10-14-7-3-4-8-15(14)16/h2-9H,10-12H2,1H3,(H,21,25)/b22-16+. The first kappa shape index (κ1) is 15.8.